The number of methoxy groups -OCH3 is 1. The number of hydrogen-bond acceptors (Lipinski definition) is 5. The summed E-state index contributed by atoms with van der Waals surface area (Å²) in [6.07, 6.45) is 6.28. The molecule has 0 aliphatic heterocycles. The van der Waals surface area contributed by atoms with E-state index in [4.69, 9.17) is 9.47 Å². The third kappa shape index (κ3) is 4.67. The summed E-state index contributed by atoms with van der Waals surface area (Å²) >= 11 is 0. The first-order valence-corrected chi connectivity index (χ1v) is 6.89. The van der Waals surface area contributed by atoms with Gasteiger partial charge in [0, 0.05) is 18.0 Å². The number of amides is 1. The van der Waals surface area contributed by atoms with E-state index in [9.17, 15) is 4.79 Å². The van der Waals surface area contributed by atoms with Crippen LogP contribution in [-0.2, 0) is 0 Å². The average Bonchev–Trinajstić information content (AvgIpc) is 2.61. The van der Waals surface area contributed by atoms with Crippen LogP contribution in [0, 0.1) is 0 Å². The van der Waals surface area contributed by atoms with Crippen LogP contribution in [0.1, 0.15) is 15.9 Å². The van der Waals surface area contributed by atoms with Crippen molar-refractivity contribution in [1.29, 1.82) is 0 Å². The molecule has 1 amide bonds. The van der Waals surface area contributed by atoms with Crippen LogP contribution in [0.25, 0.3) is 0 Å². The molecule has 0 radical (unpaired) electrons. The first-order chi connectivity index (χ1) is 11.2. The standard InChI is InChI=1S/C17H17N3O3/c1-3-10-23-15-5-4-13(11-16(15)22-2)12-19-20-17(21)14-6-8-18-9-7-14/h3-9,11-12H,1,10H2,2H3,(H,20,21)/b19-12-. The van der Waals surface area contributed by atoms with Gasteiger partial charge < -0.3 is 9.47 Å². The average molecular weight is 311 g/mol. The highest BCUT2D eigenvalue weighted by atomic mass is 16.5. The van der Waals surface area contributed by atoms with Crippen LogP contribution in [0.2, 0.25) is 0 Å². The number of benzene rings is 1. The third-order valence-corrected chi connectivity index (χ3v) is 2.87. The van der Waals surface area contributed by atoms with E-state index in [1.54, 1.807) is 49.8 Å². The molecule has 1 heterocycles. The summed E-state index contributed by atoms with van der Waals surface area (Å²) in [5.41, 5.74) is 3.71. The molecule has 118 valence electrons. The predicted octanol–water partition coefficient (Wildman–Crippen LogP) is 2.42. The Hall–Kier alpha value is -3.15. The molecule has 6 heteroatoms. The number of nitrogens with zero attached hydrogens (tertiary/aromatic N) is 2. The second-order valence-electron chi connectivity index (χ2n) is 4.44. The van der Waals surface area contributed by atoms with Gasteiger partial charge in [0.05, 0.1) is 13.3 Å². The molecule has 0 saturated carbocycles. The molecular formula is C17H17N3O3. The van der Waals surface area contributed by atoms with E-state index >= 15 is 0 Å². The first kappa shape index (κ1) is 16.2. The quantitative estimate of drug-likeness (QED) is 0.484. The van der Waals surface area contributed by atoms with Crippen molar-refractivity contribution in [2.24, 2.45) is 5.10 Å². The molecule has 0 aliphatic rings. The summed E-state index contributed by atoms with van der Waals surface area (Å²) in [4.78, 5) is 15.7. The number of hydrazone groups is 1. The Bertz CT molecular complexity index is 699. The summed E-state index contributed by atoms with van der Waals surface area (Å²) < 4.78 is 10.7. The molecule has 0 spiro atoms. The van der Waals surface area contributed by atoms with Crippen LogP contribution in [0.5, 0.6) is 11.5 Å². The Labute approximate surface area is 134 Å². The molecule has 0 aliphatic carbocycles. The van der Waals surface area contributed by atoms with Crippen LogP contribution in [0.3, 0.4) is 0 Å². The van der Waals surface area contributed by atoms with E-state index in [0.29, 0.717) is 23.7 Å². The van der Waals surface area contributed by atoms with Crippen LogP contribution in [-0.4, -0.2) is 30.8 Å². The second-order valence-corrected chi connectivity index (χ2v) is 4.44. The molecule has 1 N–H and O–H groups in total. The zero-order valence-electron chi connectivity index (χ0n) is 12.7. The fourth-order valence-corrected chi connectivity index (χ4v) is 1.77. The molecule has 2 aromatic rings. The Morgan fingerprint density at radius 2 is 2.09 bits per heavy atom. The van der Waals surface area contributed by atoms with Crippen LogP contribution >= 0.6 is 0 Å². The van der Waals surface area contributed by atoms with Crippen molar-refractivity contribution in [2.75, 3.05) is 13.7 Å². The minimum absolute atomic E-state index is 0.304. The van der Waals surface area contributed by atoms with Crippen molar-refractivity contribution in [3.63, 3.8) is 0 Å². The Morgan fingerprint density at radius 3 is 2.78 bits per heavy atom. The van der Waals surface area contributed by atoms with Crippen LogP contribution in [0.15, 0.2) is 60.5 Å². The highest BCUT2D eigenvalue weighted by Gasteiger charge is 2.05. The highest BCUT2D eigenvalue weighted by Crippen LogP contribution is 2.27. The lowest BCUT2D eigenvalue weighted by Crippen LogP contribution is -2.17. The van der Waals surface area contributed by atoms with Gasteiger partial charge in [0.1, 0.15) is 6.61 Å². The Balaban J connectivity index is 2.02. The molecule has 6 nitrogen and oxygen atoms in total. The summed E-state index contributed by atoms with van der Waals surface area (Å²) in [6.45, 7) is 3.99. The number of hydrogen-bond donors (Lipinski definition) is 1. The Kier molecular flexibility index (Phi) is 5.88. The summed E-state index contributed by atoms with van der Waals surface area (Å²) in [5.74, 6) is 0.892. The second kappa shape index (κ2) is 8.33. The zero-order valence-corrected chi connectivity index (χ0v) is 12.7. The maximum absolute atomic E-state index is 11.8. The molecule has 0 fully saturated rings. The van der Waals surface area contributed by atoms with Gasteiger partial charge in [0.2, 0.25) is 0 Å². The molecule has 23 heavy (non-hydrogen) atoms. The normalized spacial score (nSPS) is 10.3. The molecule has 1 aromatic carbocycles. The van der Waals surface area contributed by atoms with E-state index in [2.05, 4.69) is 22.1 Å². The molecule has 0 saturated heterocycles. The molecule has 0 bridgehead atoms. The van der Waals surface area contributed by atoms with Gasteiger partial charge in [-0.3, -0.25) is 9.78 Å². The van der Waals surface area contributed by atoms with Crippen molar-refractivity contribution in [3.8, 4) is 11.5 Å². The van der Waals surface area contributed by atoms with Crippen LogP contribution < -0.4 is 14.9 Å². The van der Waals surface area contributed by atoms with E-state index in [0.717, 1.165) is 5.56 Å². The van der Waals surface area contributed by atoms with E-state index in [-0.39, 0.29) is 5.91 Å². The topological polar surface area (TPSA) is 72.8 Å². The largest absolute Gasteiger partial charge is 0.493 e. The van der Waals surface area contributed by atoms with Crippen molar-refractivity contribution >= 4 is 12.1 Å². The van der Waals surface area contributed by atoms with Gasteiger partial charge >= 0.3 is 0 Å². The lowest BCUT2D eigenvalue weighted by Gasteiger charge is -2.09. The molecule has 2 rings (SSSR count). The lowest BCUT2D eigenvalue weighted by molar-refractivity contribution is 0.0955. The highest BCUT2D eigenvalue weighted by molar-refractivity contribution is 5.94. The maximum Gasteiger partial charge on any atom is 0.271 e. The number of carbonyl (C=O) groups excluding carboxylic acids is 1. The van der Waals surface area contributed by atoms with E-state index < -0.39 is 0 Å². The van der Waals surface area contributed by atoms with Gasteiger partial charge in [-0.1, -0.05) is 12.7 Å². The van der Waals surface area contributed by atoms with Crippen molar-refractivity contribution in [3.05, 3.63) is 66.5 Å². The van der Waals surface area contributed by atoms with Gasteiger partial charge in [-0.2, -0.15) is 5.10 Å². The molecule has 0 unspecified atom stereocenters. The van der Waals surface area contributed by atoms with Gasteiger partial charge in [-0.25, -0.2) is 5.43 Å². The Morgan fingerprint density at radius 1 is 1.30 bits per heavy atom. The maximum atomic E-state index is 11.8. The van der Waals surface area contributed by atoms with Crippen molar-refractivity contribution in [2.45, 2.75) is 0 Å². The third-order valence-electron chi connectivity index (χ3n) is 2.87. The summed E-state index contributed by atoms with van der Waals surface area (Å²) in [5, 5.41) is 3.93. The van der Waals surface area contributed by atoms with Crippen molar-refractivity contribution < 1.29 is 14.3 Å². The fraction of sp³-hybridized carbons (Fsp3) is 0.118. The monoisotopic (exact) mass is 311 g/mol. The summed E-state index contributed by atoms with van der Waals surface area (Å²) in [7, 11) is 1.56. The number of aromatic nitrogens is 1. The van der Waals surface area contributed by atoms with Gasteiger partial charge in [-0.15, -0.1) is 0 Å². The smallest absolute Gasteiger partial charge is 0.271 e. The number of carbonyl (C=O) groups is 1. The van der Waals surface area contributed by atoms with Crippen molar-refractivity contribution in [1.82, 2.24) is 10.4 Å². The lowest BCUT2D eigenvalue weighted by atomic mass is 10.2. The predicted molar refractivity (Wildman–Crippen MR) is 88.0 cm³/mol. The summed E-state index contributed by atoms with van der Waals surface area (Å²) in [6, 6.07) is 8.57. The molecule has 1 aromatic heterocycles. The zero-order chi connectivity index (χ0) is 16.5. The van der Waals surface area contributed by atoms with Gasteiger partial charge in [0.25, 0.3) is 5.91 Å². The van der Waals surface area contributed by atoms with Gasteiger partial charge in [0.15, 0.2) is 11.5 Å². The van der Waals surface area contributed by atoms with Crippen LogP contribution in [0.4, 0.5) is 0 Å². The van der Waals surface area contributed by atoms with Gasteiger partial charge in [-0.05, 0) is 35.9 Å². The van der Waals surface area contributed by atoms with E-state index in [1.165, 1.54) is 6.21 Å². The number of ether oxygens (including phenoxy) is 2. The molecule has 0 atom stereocenters. The fourth-order valence-electron chi connectivity index (χ4n) is 1.77. The number of pyridine rings is 1. The SMILES string of the molecule is C=CCOc1ccc(/C=N\NC(=O)c2ccncc2)cc1OC. The minimum Gasteiger partial charge on any atom is -0.493 e. The number of rotatable bonds is 7. The van der Waals surface area contributed by atoms with E-state index in [1.807, 2.05) is 6.07 Å². The first-order valence-electron chi connectivity index (χ1n) is 6.89. The molecular weight excluding hydrogens is 294 g/mol. The number of nitrogens with one attached hydrogen (secondary N) is 1. The minimum atomic E-state index is -0.304.